The average molecular weight is 264 g/mol. The lowest BCUT2D eigenvalue weighted by molar-refractivity contribution is 0.143. The Labute approximate surface area is 91.3 Å². The van der Waals surface area contributed by atoms with E-state index in [2.05, 4.69) is 38.3 Å². The number of hydrogen-bond donors (Lipinski definition) is 1. The molecule has 1 aromatic heterocycles. The molecule has 0 spiro atoms. The van der Waals surface area contributed by atoms with E-state index in [9.17, 15) is 5.11 Å². The first-order valence-corrected chi connectivity index (χ1v) is 6.17. The van der Waals surface area contributed by atoms with Gasteiger partial charge in [-0.05, 0) is 18.5 Å². The fraction of sp³-hybridized carbons (Fsp3) is 0.556. The van der Waals surface area contributed by atoms with Crippen LogP contribution in [0.4, 0.5) is 0 Å². The van der Waals surface area contributed by atoms with Gasteiger partial charge in [-0.3, -0.25) is 4.90 Å². The first-order valence-electron chi connectivity index (χ1n) is 4.17. The van der Waals surface area contributed by atoms with E-state index < -0.39 is 0 Å². The van der Waals surface area contributed by atoms with Crippen LogP contribution < -0.4 is 0 Å². The molecule has 1 unspecified atom stereocenters. The van der Waals surface area contributed by atoms with Crippen LogP contribution >= 0.6 is 27.3 Å². The van der Waals surface area contributed by atoms with Gasteiger partial charge in [0.05, 0.1) is 6.10 Å². The lowest BCUT2D eigenvalue weighted by Gasteiger charge is -2.18. The third-order valence-corrected chi connectivity index (χ3v) is 3.31. The van der Waals surface area contributed by atoms with E-state index in [0.29, 0.717) is 11.9 Å². The average Bonchev–Trinajstić information content (AvgIpc) is 2.56. The van der Waals surface area contributed by atoms with Crippen LogP contribution in [0.2, 0.25) is 0 Å². The topological polar surface area (TPSA) is 23.5 Å². The highest BCUT2D eigenvalue weighted by Crippen LogP contribution is 2.10. The molecule has 0 aromatic carbocycles. The standard InChI is InChI=1S/C9H14BrNOS/c1-11(6-8(12)5-10)7-9-3-2-4-13-9/h2-4,8,12H,5-7H2,1H3. The Bertz CT molecular complexity index is 228. The van der Waals surface area contributed by atoms with E-state index in [1.165, 1.54) is 4.88 Å². The number of aliphatic hydroxyl groups is 1. The van der Waals surface area contributed by atoms with Crippen LogP contribution in [0.1, 0.15) is 4.88 Å². The van der Waals surface area contributed by atoms with E-state index in [1.54, 1.807) is 11.3 Å². The summed E-state index contributed by atoms with van der Waals surface area (Å²) in [4.78, 5) is 3.46. The second-order valence-corrected chi connectivity index (χ2v) is 4.76. The fourth-order valence-corrected chi connectivity index (χ4v) is 2.13. The number of nitrogens with zero attached hydrogens (tertiary/aromatic N) is 1. The van der Waals surface area contributed by atoms with Gasteiger partial charge in [0.1, 0.15) is 0 Å². The lowest BCUT2D eigenvalue weighted by atomic mass is 10.3. The van der Waals surface area contributed by atoms with E-state index >= 15 is 0 Å². The number of rotatable bonds is 5. The highest BCUT2D eigenvalue weighted by Gasteiger charge is 2.06. The van der Waals surface area contributed by atoms with Crippen LogP contribution in [-0.4, -0.2) is 35.0 Å². The molecular weight excluding hydrogens is 250 g/mol. The number of aliphatic hydroxyl groups excluding tert-OH is 1. The molecule has 74 valence electrons. The molecule has 1 rings (SSSR count). The smallest absolute Gasteiger partial charge is 0.0763 e. The van der Waals surface area contributed by atoms with Crippen LogP contribution in [0.5, 0.6) is 0 Å². The molecule has 1 aromatic rings. The Morgan fingerprint density at radius 2 is 2.46 bits per heavy atom. The summed E-state index contributed by atoms with van der Waals surface area (Å²) < 4.78 is 0. The Hall–Kier alpha value is 0.1000. The molecule has 0 fully saturated rings. The zero-order chi connectivity index (χ0) is 9.68. The van der Waals surface area contributed by atoms with Gasteiger partial charge in [0.15, 0.2) is 0 Å². The molecule has 1 N–H and O–H groups in total. The molecule has 0 saturated carbocycles. The van der Waals surface area contributed by atoms with Crippen molar-refractivity contribution in [1.29, 1.82) is 0 Å². The summed E-state index contributed by atoms with van der Waals surface area (Å²) in [5.41, 5.74) is 0. The van der Waals surface area contributed by atoms with Gasteiger partial charge in [0.25, 0.3) is 0 Å². The predicted molar refractivity (Wildman–Crippen MR) is 60.5 cm³/mol. The molecule has 0 saturated heterocycles. The quantitative estimate of drug-likeness (QED) is 0.821. The molecule has 0 radical (unpaired) electrons. The molecule has 0 aliphatic carbocycles. The first kappa shape index (κ1) is 11.2. The summed E-state index contributed by atoms with van der Waals surface area (Å²) in [5, 5.41) is 12.1. The molecule has 0 aliphatic heterocycles. The molecular formula is C9H14BrNOS. The van der Waals surface area contributed by atoms with Gasteiger partial charge in [-0.15, -0.1) is 11.3 Å². The minimum absolute atomic E-state index is 0.273. The van der Waals surface area contributed by atoms with Gasteiger partial charge in [0.2, 0.25) is 0 Å². The normalized spacial score (nSPS) is 13.5. The van der Waals surface area contributed by atoms with Gasteiger partial charge in [0, 0.05) is 23.3 Å². The summed E-state index contributed by atoms with van der Waals surface area (Å²) >= 11 is 5.00. The summed E-state index contributed by atoms with van der Waals surface area (Å²) in [6.07, 6.45) is -0.273. The van der Waals surface area contributed by atoms with Crippen LogP contribution in [0, 0.1) is 0 Å². The first-order chi connectivity index (χ1) is 6.22. The van der Waals surface area contributed by atoms with E-state index in [-0.39, 0.29) is 6.10 Å². The maximum absolute atomic E-state index is 9.37. The van der Waals surface area contributed by atoms with Gasteiger partial charge < -0.3 is 5.11 Å². The van der Waals surface area contributed by atoms with Crippen molar-refractivity contribution in [2.75, 3.05) is 18.9 Å². The number of likely N-dealkylation sites (N-methyl/N-ethyl adjacent to an activating group) is 1. The van der Waals surface area contributed by atoms with Gasteiger partial charge >= 0.3 is 0 Å². The molecule has 0 bridgehead atoms. The van der Waals surface area contributed by atoms with Crippen molar-refractivity contribution >= 4 is 27.3 Å². The highest BCUT2D eigenvalue weighted by atomic mass is 79.9. The number of halogens is 1. The van der Waals surface area contributed by atoms with Crippen LogP contribution in [-0.2, 0) is 6.54 Å². The Morgan fingerprint density at radius 1 is 1.69 bits per heavy atom. The maximum Gasteiger partial charge on any atom is 0.0763 e. The lowest BCUT2D eigenvalue weighted by Crippen LogP contribution is -2.29. The molecule has 4 heteroatoms. The summed E-state index contributed by atoms with van der Waals surface area (Å²) in [5.74, 6) is 0. The molecule has 13 heavy (non-hydrogen) atoms. The number of hydrogen-bond acceptors (Lipinski definition) is 3. The summed E-state index contributed by atoms with van der Waals surface area (Å²) in [7, 11) is 2.02. The van der Waals surface area contributed by atoms with Crippen molar-refractivity contribution in [3.8, 4) is 0 Å². The fourth-order valence-electron chi connectivity index (χ4n) is 1.14. The van der Waals surface area contributed by atoms with Crippen molar-refractivity contribution in [2.24, 2.45) is 0 Å². The second kappa shape index (κ2) is 5.75. The second-order valence-electron chi connectivity index (χ2n) is 3.08. The largest absolute Gasteiger partial charge is 0.391 e. The van der Waals surface area contributed by atoms with E-state index in [4.69, 9.17) is 0 Å². The maximum atomic E-state index is 9.37. The molecule has 1 heterocycles. The summed E-state index contributed by atoms with van der Waals surface area (Å²) in [6, 6.07) is 4.16. The zero-order valence-corrected chi connectivity index (χ0v) is 10.0. The van der Waals surface area contributed by atoms with Crippen LogP contribution in [0.15, 0.2) is 17.5 Å². The minimum atomic E-state index is -0.273. The number of thiophene rings is 1. The monoisotopic (exact) mass is 263 g/mol. The van der Waals surface area contributed by atoms with Crippen molar-refractivity contribution in [2.45, 2.75) is 12.6 Å². The zero-order valence-electron chi connectivity index (χ0n) is 7.61. The van der Waals surface area contributed by atoms with Gasteiger partial charge in [-0.1, -0.05) is 22.0 Å². The molecule has 2 nitrogen and oxygen atoms in total. The van der Waals surface area contributed by atoms with Crippen molar-refractivity contribution in [1.82, 2.24) is 4.90 Å². The van der Waals surface area contributed by atoms with Crippen molar-refractivity contribution < 1.29 is 5.11 Å². The van der Waals surface area contributed by atoms with E-state index in [0.717, 1.165) is 6.54 Å². The summed E-state index contributed by atoms with van der Waals surface area (Å²) in [6.45, 7) is 1.63. The number of alkyl halides is 1. The Balaban J connectivity index is 2.29. The van der Waals surface area contributed by atoms with Crippen molar-refractivity contribution in [3.63, 3.8) is 0 Å². The van der Waals surface area contributed by atoms with E-state index in [1.807, 2.05) is 7.05 Å². The Morgan fingerprint density at radius 3 is 3.00 bits per heavy atom. The van der Waals surface area contributed by atoms with Gasteiger partial charge in [-0.25, -0.2) is 0 Å². The minimum Gasteiger partial charge on any atom is -0.391 e. The molecule has 0 aliphatic rings. The van der Waals surface area contributed by atoms with Crippen LogP contribution in [0.25, 0.3) is 0 Å². The van der Waals surface area contributed by atoms with Gasteiger partial charge in [-0.2, -0.15) is 0 Å². The van der Waals surface area contributed by atoms with Crippen LogP contribution in [0.3, 0.4) is 0 Å². The van der Waals surface area contributed by atoms with Crippen molar-refractivity contribution in [3.05, 3.63) is 22.4 Å². The molecule has 0 amide bonds. The highest BCUT2D eigenvalue weighted by molar-refractivity contribution is 9.09. The predicted octanol–water partition coefficient (Wildman–Crippen LogP) is 1.94. The third-order valence-electron chi connectivity index (χ3n) is 1.71. The Kier molecular flexibility index (Phi) is 4.94. The third kappa shape index (κ3) is 4.22. The SMILES string of the molecule is CN(Cc1cccs1)CC(O)CBr. The molecule has 1 atom stereocenters.